The first-order valence-corrected chi connectivity index (χ1v) is 17.3. The Morgan fingerprint density at radius 1 is 0.913 bits per heavy atom. The van der Waals surface area contributed by atoms with Crippen LogP contribution in [0.4, 0.5) is 5.69 Å². The van der Waals surface area contributed by atoms with Gasteiger partial charge in [-0.1, -0.05) is 68.0 Å². The molecule has 6 atom stereocenters. The van der Waals surface area contributed by atoms with Crippen molar-refractivity contribution in [2.45, 2.75) is 85.2 Å². The maximum atomic E-state index is 12.4. The summed E-state index contributed by atoms with van der Waals surface area (Å²) in [6, 6.07) is 22.3. The van der Waals surface area contributed by atoms with Crippen molar-refractivity contribution >= 4 is 45.6 Å². The zero-order valence-electron chi connectivity index (χ0n) is 27.9. The van der Waals surface area contributed by atoms with Gasteiger partial charge in [0.1, 0.15) is 17.6 Å². The quantitative estimate of drug-likeness (QED) is 0.162. The number of hydrogen-bond donors (Lipinski definition) is 0. The zero-order valence-corrected chi connectivity index (χ0v) is 28.7. The van der Waals surface area contributed by atoms with E-state index >= 15 is 0 Å². The molecule has 0 amide bonds. The van der Waals surface area contributed by atoms with Gasteiger partial charge in [-0.25, -0.2) is 0 Å². The molecule has 5 nitrogen and oxygen atoms in total. The predicted molar refractivity (Wildman–Crippen MR) is 189 cm³/mol. The van der Waals surface area contributed by atoms with Crippen LogP contribution in [-0.4, -0.2) is 30.1 Å². The Labute approximate surface area is 279 Å². The average molecular weight is 638 g/mol. The molecule has 3 saturated carbocycles. The van der Waals surface area contributed by atoms with Crippen molar-refractivity contribution in [3.63, 3.8) is 0 Å². The summed E-state index contributed by atoms with van der Waals surface area (Å²) in [5.74, 6) is 3.09. The molecule has 7 rings (SSSR count). The van der Waals surface area contributed by atoms with E-state index in [-0.39, 0.29) is 22.9 Å². The molecule has 0 saturated heterocycles. The third-order valence-corrected chi connectivity index (χ3v) is 12.0. The third-order valence-electron chi connectivity index (χ3n) is 11.7. The summed E-state index contributed by atoms with van der Waals surface area (Å²) in [5.41, 5.74) is 3.95. The van der Waals surface area contributed by atoms with Crippen molar-refractivity contribution in [2.24, 2.45) is 28.6 Å². The fraction of sp³-hybridized carbons (Fsp3) is 0.475. The highest BCUT2D eigenvalue weighted by molar-refractivity contribution is 7.80. The first-order chi connectivity index (χ1) is 22.0. The van der Waals surface area contributed by atoms with Gasteiger partial charge in [0.25, 0.3) is 5.17 Å². The van der Waals surface area contributed by atoms with E-state index < -0.39 is 0 Å². The lowest BCUT2D eigenvalue weighted by molar-refractivity contribution is -0.148. The van der Waals surface area contributed by atoms with Gasteiger partial charge in [-0.2, -0.15) is 0 Å². The Balaban J connectivity index is 0.000000162. The molecule has 0 aromatic heterocycles. The number of anilines is 1. The number of carbonyl (C=O) groups excluding carboxylic acids is 2. The minimum atomic E-state index is -0.157. The second-order valence-electron chi connectivity index (χ2n) is 14.4. The van der Waals surface area contributed by atoms with E-state index in [2.05, 4.69) is 51.1 Å². The summed E-state index contributed by atoms with van der Waals surface area (Å²) >= 11 is 5.41. The van der Waals surface area contributed by atoms with Crippen LogP contribution in [0.15, 0.2) is 78.4 Å². The first-order valence-electron chi connectivity index (χ1n) is 16.9. The number of allylic oxidation sites excluding steroid dienone is 1. The van der Waals surface area contributed by atoms with Crippen molar-refractivity contribution in [3.05, 3.63) is 83.9 Å². The van der Waals surface area contributed by atoms with Crippen molar-refractivity contribution in [1.82, 2.24) is 0 Å². The van der Waals surface area contributed by atoms with Gasteiger partial charge in [0.05, 0.1) is 0 Å². The number of carbonyl (C=O) groups is 2. The fourth-order valence-corrected chi connectivity index (χ4v) is 9.28. The van der Waals surface area contributed by atoms with Crippen LogP contribution in [0, 0.1) is 35.5 Å². The smallest absolute Gasteiger partial charge is 0.302 e. The molecular weight excluding hydrogens is 591 g/mol. The second kappa shape index (κ2) is 12.9. The molecule has 0 bridgehead atoms. The molecule has 3 fully saturated rings. The van der Waals surface area contributed by atoms with Crippen LogP contribution in [0.25, 0.3) is 10.8 Å². The number of Topliss-reactive ketones (excluding diaryl/α,β-unsaturated/α-hetero) is 1. The number of thiocarbonyl (C=S) groups is 1. The van der Waals surface area contributed by atoms with E-state index in [0.29, 0.717) is 28.7 Å². The number of hydrogen-bond acceptors (Lipinski definition) is 5. The molecule has 0 heterocycles. The van der Waals surface area contributed by atoms with Gasteiger partial charge in [0.2, 0.25) is 0 Å². The van der Waals surface area contributed by atoms with E-state index in [1.165, 1.54) is 29.9 Å². The molecule has 3 aromatic carbocycles. The lowest BCUT2D eigenvalue weighted by Gasteiger charge is -2.56. The number of aryl methyl sites for hydroxylation is 1. The SMILES string of the molecule is CC(=O)OC1CCC2(C)C(=CCC3C4CCC(=O)C4(C)CCC32)C1.Cc1cccc(N(C)C(=S)Oc2ccc3ccccc3c2)c1. The standard InChI is InChI=1S/C21H30O3.C19H17NOS/c1-13(22)24-15-8-10-20(2)14(12-15)4-5-16-17-6-7-19(23)21(17,3)11-9-18(16)20;1-14-6-5-9-17(12-14)20(2)19(22)21-18-11-10-15-7-3-4-8-16(15)13-18/h4,15-18H,5-12H2,1-3H3;3-13H,1-2H3. The summed E-state index contributed by atoms with van der Waals surface area (Å²) in [6.45, 7) is 8.25. The van der Waals surface area contributed by atoms with Crippen LogP contribution in [0.3, 0.4) is 0 Å². The molecule has 0 spiro atoms. The third kappa shape index (κ3) is 6.25. The van der Waals surface area contributed by atoms with Gasteiger partial charge in [-0.3, -0.25) is 9.59 Å². The monoisotopic (exact) mass is 637 g/mol. The number of rotatable bonds is 3. The maximum absolute atomic E-state index is 12.4. The highest BCUT2D eigenvalue weighted by Crippen LogP contribution is 2.64. The Morgan fingerprint density at radius 3 is 2.41 bits per heavy atom. The van der Waals surface area contributed by atoms with E-state index in [1.807, 2.05) is 54.4 Å². The van der Waals surface area contributed by atoms with Gasteiger partial charge in [0, 0.05) is 37.9 Å². The van der Waals surface area contributed by atoms with Crippen molar-refractivity contribution in [3.8, 4) is 5.75 Å². The van der Waals surface area contributed by atoms with Gasteiger partial charge in [0.15, 0.2) is 0 Å². The minimum absolute atomic E-state index is 0.0438. The average Bonchev–Trinajstić information content (AvgIpc) is 3.34. The van der Waals surface area contributed by atoms with Gasteiger partial charge in [-0.05, 0) is 121 Å². The van der Waals surface area contributed by atoms with Crippen LogP contribution in [0.1, 0.15) is 77.7 Å². The number of benzene rings is 3. The summed E-state index contributed by atoms with van der Waals surface area (Å²) in [7, 11) is 1.91. The number of nitrogens with zero attached hydrogens (tertiary/aromatic N) is 1. The van der Waals surface area contributed by atoms with E-state index in [4.69, 9.17) is 21.7 Å². The fourth-order valence-electron chi connectivity index (χ4n) is 9.08. The van der Waals surface area contributed by atoms with Gasteiger partial charge >= 0.3 is 5.97 Å². The van der Waals surface area contributed by atoms with Gasteiger partial charge < -0.3 is 14.4 Å². The number of esters is 1. The van der Waals surface area contributed by atoms with Crippen LogP contribution in [0.2, 0.25) is 0 Å². The molecule has 46 heavy (non-hydrogen) atoms. The normalized spacial score (nSPS) is 29.7. The van der Waals surface area contributed by atoms with Crippen molar-refractivity contribution in [1.29, 1.82) is 0 Å². The molecule has 6 heteroatoms. The van der Waals surface area contributed by atoms with Crippen molar-refractivity contribution < 1.29 is 19.1 Å². The molecule has 4 aliphatic rings. The molecule has 4 aliphatic carbocycles. The molecule has 242 valence electrons. The maximum Gasteiger partial charge on any atom is 0.302 e. The molecule has 0 N–H and O–H groups in total. The van der Waals surface area contributed by atoms with Crippen LogP contribution in [-0.2, 0) is 14.3 Å². The molecular formula is C40H47NO4S. The summed E-state index contributed by atoms with van der Waals surface area (Å²) < 4.78 is 11.3. The van der Waals surface area contributed by atoms with Crippen LogP contribution < -0.4 is 9.64 Å². The lowest BCUT2D eigenvalue weighted by atomic mass is 9.48. The minimum Gasteiger partial charge on any atom is -0.462 e. The molecule has 3 aromatic rings. The molecule has 0 radical (unpaired) electrons. The molecule has 6 unspecified atom stereocenters. The predicted octanol–water partition coefficient (Wildman–Crippen LogP) is 9.40. The first kappa shape index (κ1) is 32.4. The topological polar surface area (TPSA) is 55.8 Å². The van der Waals surface area contributed by atoms with E-state index in [9.17, 15) is 9.59 Å². The van der Waals surface area contributed by atoms with Crippen LogP contribution in [0.5, 0.6) is 5.75 Å². The lowest BCUT2D eigenvalue weighted by Crippen LogP contribution is -2.50. The number of fused-ring (bicyclic) bond motifs is 6. The van der Waals surface area contributed by atoms with Crippen LogP contribution >= 0.6 is 12.2 Å². The number of ketones is 1. The van der Waals surface area contributed by atoms with Crippen molar-refractivity contribution in [2.75, 3.05) is 11.9 Å². The number of ether oxygens (including phenoxy) is 2. The van der Waals surface area contributed by atoms with E-state index in [0.717, 1.165) is 61.8 Å². The molecule has 0 aliphatic heterocycles. The zero-order chi connectivity index (χ0) is 32.6. The Hall–Kier alpha value is -3.51. The Kier molecular flexibility index (Phi) is 9.13. The largest absolute Gasteiger partial charge is 0.462 e. The Bertz CT molecular complexity index is 1680. The highest BCUT2D eigenvalue weighted by Gasteiger charge is 2.58. The highest BCUT2D eigenvalue weighted by atomic mass is 32.1. The van der Waals surface area contributed by atoms with E-state index in [1.54, 1.807) is 0 Å². The summed E-state index contributed by atoms with van der Waals surface area (Å²) in [6.07, 6.45) is 10.8. The summed E-state index contributed by atoms with van der Waals surface area (Å²) in [5, 5.41) is 2.76. The summed E-state index contributed by atoms with van der Waals surface area (Å²) in [4.78, 5) is 25.6. The van der Waals surface area contributed by atoms with Gasteiger partial charge in [-0.15, -0.1) is 0 Å². The second-order valence-corrected chi connectivity index (χ2v) is 14.8. The Morgan fingerprint density at radius 2 is 1.65 bits per heavy atom.